The van der Waals surface area contributed by atoms with Gasteiger partial charge in [0.25, 0.3) is 0 Å². The summed E-state index contributed by atoms with van der Waals surface area (Å²) in [5.41, 5.74) is 2.96. The highest BCUT2D eigenvalue weighted by atomic mass is 29.5. The summed E-state index contributed by atoms with van der Waals surface area (Å²) in [5, 5.41) is 0. The Hall–Kier alpha value is -0.909. The van der Waals surface area contributed by atoms with Crippen LogP contribution in [0.15, 0.2) is 60.7 Å². The summed E-state index contributed by atoms with van der Waals surface area (Å²) < 4.78 is 0. The summed E-state index contributed by atoms with van der Waals surface area (Å²) in [6.45, 7) is 2.55. The average Bonchev–Trinajstić information content (AvgIpc) is 2.53. The van der Waals surface area contributed by atoms with Crippen molar-refractivity contribution in [2.45, 2.75) is 31.5 Å². The van der Waals surface area contributed by atoms with E-state index in [-0.39, 0.29) is 0 Å². The lowest BCUT2D eigenvalue weighted by Crippen LogP contribution is -2.39. The molecule has 0 nitrogen and oxygen atoms in total. The van der Waals surface area contributed by atoms with Crippen molar-refractivity contribution in [1.82, 2.24) is 0 Å². The second-order valence-corrected chi connectivity index (χ2v) is 16.6. The molecule has 0 aromatic heterocycles. The maximum atomic E-state index is 3.86. The van der Waals surface area contributed by atoms with Crippen LogP contribution in [-0.4, -0.2) is 25.9 Å². The fourth-order valence-corrected chi connectivity index (χ4v) is 8.31. The summed E-state index contributed by atoms with van der Waals surface area (Å²) in [7, 11) is 3.66. The van der Waals surface area contributed by atoms with Crippen LogP contribution in [-0.2, 0) is 12.8 Å². The van der Waals surface area contributed by atoms with Gasteiger partial charge in [0.05, 0.1) is 0 Å². The largest absolute Gasteiger partial charge is 0.0717 e. The number of rotatable bonds is 7. The quantitative estimate of drug-likeness (QED) is 0.682. The van der Waals surface area contributed by atoms with Crippen molar-refractivity contribution < 1.29 is 0 Å². The van der Waals surface area contributed by atoms with E-state index in [9.17, 15) is 0 Å². The van der Waals surface area contributed by atoms with E-state index in [4.69, 9.17) is 0 Å². The Kier molecular flexibility index (Phi) is 6.01. The molecule has 3 heteroatoms. The second-order valence-electron chi connectivity index (χ2n) is 5.66. The van der Waals surface area contributed by atoms with Gasteiger partial charge >= 0.3 is 0 Å². The van der Waals surface area contributed by atoms with Crippen molar-refractivity contribution in [3.8, 4) is 0 Å². The topological polar surface area (TPSA) is 0 Å². The number of benzene rings is 2. The van der Waals surface area contributed by atoms with Gasteiger partial charge in [0, 0.05) is 25.9 Å². The minimum atomic E-state index is -1.15. The fraction of sp³-hybridized carbons (Fsp3) is 0.294. The van der Waals surface area contributed by atoms with E-state index >= 15 is 0 Å². The predicted octanol–water partition coefficient (Wildman–Crippen LogP) is 3.83. The summed E-state index contributed by atoms with van der Waals surface area (Å²) >= 11 is 0. The van der Waals surface area contributed by atoms with Crippen molar-refractivity contribution in [2.24, 2.45) is 0 Å². The zero-order valence-electron chi connectivity index (χ0n) is 12.1. The molecule has 20 heavy (non-hydrogen) atoms. The van der Waals surface area contributed by atoms with E-state index in [2.05, 4.69) is 77.0 Å². The highest BCUT2D eigenvalue weighted by Crippen LogP contribution is 2.20. The molecular formula is C17H21Si3. The Bertz CT molecular complexity index is 453. The van der Waals surface area contributed by atoms with Crippen molar-refractivity contribution >= 4 is 25.9 Å². The molecule has 0 saturated carbocycles. The van der Waals surface area contributed by atoms with Crippen LogP contribution in [0.5, 0.6) is 0 Å². The predicted molar refractivity (Wildman–Crippen MR) is 93.0 cm³/mol. The number of hydrogen-bond donors (Lipinski definition) is 0. The summed E-state index contributed by atoms with van der Waals surface area (Å²) in [4.78, 5) is 0. The molecule has 0 bridgehead atoms. The minimum Gasteiger partial charge on any atom is -0.0717 e. The standard InChI is InChI=1S/C17H21Si3/c1-20(19-18,14-12-16-8-4-2-5-9-16)15-13-17-10-6-3-7-11-17/h2-11H,12-15H2,1H3. The monoisotopic (exact) mass is 309 g/mol. The zero-order valence-corrected chi connectivity index (χ0v) is 15.1. The minimum absolute atomic E-state index is 0.950. The Balaban J connectivity index is 1.88. The van der Waals surface area contributed by atoms with Crippen LogP contribution in [0.4, 0.5) is 0 Å². The molecule has 0 amide bonds. The highest BCUT2D eigenvalue weighted by molar-refractivity contribution is 7.39. The number of aryl methyl sites for hydroxylation is 2. The molecule has 2 aromatic rings. The van der Waals surface area contributed by atoms with Crippen LogP contribution in [0.25, 0.3) is 0 Å². The molecule has 2 aromatic carbocycles. The first-order valence-electron chi connectivity index (χ1n) is 7.24. The first-order chi connectivity index (χ1) is 9.72. The van der Waals surface area contributed by atoms with Crippen LogP contribution in [0, 0.1) is 0 Å². The molecule has 0 fully saturated rings. The van der Waals surface area contributed by atoms with Crippen LogP contribution in [0.1, 0.15) is 11.1 Å². The molecule has 5 radical (unpaired) electrons. The van der Waals surface area contributed by atoms with Crippen LogP contribution in [0.2, 0.25) is 18.6 Å². The van der Waals surface area contributed by atoms with Gasteiger partial charge in [0.1, 0.15) is 0 Å². The molecule has 0 heterocycles. The maximum absolute atomic E-state index is 3.86. The summed E-state index contributed by atoms with van der Waals surface area (Å²) in [5.74, 6) is 0. The molecular weight excluding hydrogens is 288 g/mol. The molecule has 0 unspecified atom stereocenters. The Morgan fingerprint density at radius 3 is 1.55 bits per heavy atom. The second kappa shape index (κ2) is 7.76. The third-order valence-electron chi connectivity index (χ3n) is 3.92. The van der Waals surface area contributed by atoms with Gasteiger partial charge in [0.2, 0.25) is 0 Å². The summed E-state index contributed by atoms with van der Waals surface area (Å²) in [6, 6.07) is 24.6. The Labute approximate surface area is 129 Å². The molecule has 0 spiro atoms. The first kappa shape index (κ1) is 15.5. The van der Waals surface area contributed by atoms with Crippen LogP contribution >= 0.6 is 0 Å². The van der Waals surface area contributed by atoms with Crippen LogP contribution < -0.4 is 0 Å². The molecule has 0 aliphatic rings. The molecule has 0 aliphatic carbocycles. The lowest BCUT2D eigenvalue weighted by Gasteiger charge is -2.26. The van der Waals surface area contributed by atoms with Gasteiger partial charge in [-0.05, 0) is 24.0 Å². The maximum Gasteiger partial charge on any atom is 0.0357 e. The van der Waals surface area contributed by atoms with E-state index in [0.29, 0.717) is 0 Å². The SMILES string of the molecule is C[Si](CCc1ccccc1)(CCc1ccccc1)[Si][Si]. The van der Waals surface area contributed by atoms with Gasteiger partial charge in [0.15, 0.2) is 0 Å². The van der Waals surface area contributed by atoms with Gasteiger partial charge in [-0.15, -0.1) is 0 Å². The van der Waals surface area contributed by atoms with E-state index in [1.807, 2.05) is 0 Å². The molecule has 101 valence electrons. The zero-order chi connectivity index (χ0) is 14.3. The van der Waals surface area contributed by atoms with E-state index in [1.165, 1.54) is 36.1 Å². The molecule has 0 N–H and O–H groups in total. The van der Waals surface area contributed by atoms with Crippen molar-refractivity contribution in [1.29, 1.82) is 0 Å². The Morgan fingerprint density at radius 1 is 0.800 bits per heavy atom. The fourth-order valence-electron chi connectivity index (χ4n) is 2.38. The third kappa shape index (κ3) is 4.89. The van der Waals surface area contributed by atoms with Gasteiger partial charge in [-0.2, -0.15) is 0 Å². The average molecular weight is 310 g/mol. The highest BCUT2D eigenvalue weighted by Gasteiger charge is 2.24. The third-order valence-corrected chi connectivity index (χ3v) is 16.0. The van der Waals surface area contributed by atoms with E-state index in [1.54, 1.807) is 0 Å². The lowest BCUT2D eigenvalue weighted by atomic mass is 10.2. The lowest BCUT2D eigenvalue weighted by molar-refractivity contribution is 1.04. The normalized spacial score (nSPS) is 11.5. The first-order valence-corrected chi connectivity index (χ1v) is 13.6. The Morgan fingerprint density at radius 2 is 1.20 bits per heavy atom. The van der Waals surface area contributed by atoms with Crippen molar-refractivity contribution in [3.05, 3.63) is 71.8 Å². The van der Waals surface area contributed by atoms with Crippen LogP contribution in [0.3, 0.4) is 0 Å². The molecule has 0 aliphatic heterocycles. The van der Waals surface area contributed by atoms with Gasteiger partial charge in [-0.1, -0.05) is 79.3 Å². The molecule has 2 rings (SSSR count). The molecule has 0 atom stereocenters. The van der Waals surface area contributed by atoms with E-state index in [0.717, 1.165) is 8.55 Å². The number of hydrogen-bond acceptors (Lipinski definition) is 0. The van der Waals surface area contributed by atoms with Gasteiger partial charge in [-0.25, -0.2) is 0 Å². The van der Waals surface area contributed by atoms with Gasteiger partial charge in [-0.3, -0.25) is 0 Å². The molecule has 0 saturated heterocycles. The smallest absolute Gasteiger partial charge is 0.0357 e. The summed E-state index contributed by atoms with van der Waals surface area (Å²) in [6.07, 6.45) is 2.46. The van der Waals surface area contributed by atoms with Gasteiger partial charge < -0.3 is 0 Å². The van der Waals surface area contributed by atoms with Crippen molar-refractivity contribution in [2.75, 3.05) is 0 Å². The van der Waals surface area contributed by atoms with Crippen molar-refractivity contribution in [3.63, 3.8) is 0 Å². The van der Waals surface area contributed by atoms with E-state index < -0.39 is 7.59 Å².